The molecule has 3 N–H and O–H groups in total. The molecule has 6 nitrogen and oxygen atoms in total. The van der Waals surface area contributed by atoms with Gasteiger partial charge in [0.1, 0.15) is 6.10 Å². The number of nitrogens with one attached hydrogen (secondary N) is 1. The number of fused-ring (bicyclic) bond motifs is 5. The van der Waals surface area contributed by atoms with E-state index < -0.39 is 23.6 Å². The third kappa shape index (κ3) is 3.14. The topological polar surface area (TPSA) is 91.2 Å². The summed E-state index contributed by atoms with van der Waals surface area (Å²) in [6.07, 6.45) is 4.21. The van der Waals surface area contributed by atoms with E-state index in [1.807, 2.05) is 13.0 Å². The van der Waals surface area contributed by atoms with E-state index in [4.69, 9.17) is 4.84 Å². The lowest BCUT2D eigenvalue weighted by Crippen LogP contribution is -2.59. The average Bonchev–Trinajstić information content (AvgIpc) is 3.35. The van der Waals surface area contributed by atoms with Crippen LogP contribution < -0.4 is 5.32 Å². The van der Waals surface area contributed by atoms with Gasteiger partial charge in [0.2, 0.25) is 0 Å². The van der Waals surface area contributed by atoms with E-state index in [0.29, 0.717) is 6.42 Å². The van der Waals surface area contributed by atoms with Crippen LogP contribution in [0.3, 0.4) is 0 Å². The number of halogens is 1. The largest absolute Gasteiger partial charge is 0.396 e. The van der Waals surface area contributed by atoms with Gasteiger partial charge in [0.25, 0.3) is 0 Å². The first-order valence-corrected chi connectivity index (χ1v) is 11.9. The van der Waals surface area contributed by atoms with Gasteiger partial charge in [0, 0.05) is 24.3 Å². The van der Waals surface area contributed by atoms with Crippen LogP contribution in [0.2, 0.25) is 0 Å². The van der Waals surface area contributed by atoms with E-state index in [9.17, 15) is 19.4 Å². The van der Waals surface area contributed by atoms with Gasteiger partial charge >= 0.3 is 0 Å². The molecule has 0 radical (unpaired) electrons. The molecule has 1 aliphatic heterocycles. The van der Waals surface area contributed by atoms with Crippen molar-refractivity contribution in [3.63, 3.8) is 0 Å². The van der Waals surface area contributed by atoms with Crippen molar-refractivity contribution >= 4 is 11.5 Å². The van der Waals surface area contributed by atoms with Crippen LogP contribution in [-0.4, -0.2) is 59.8 Å². The van der Waals surface area contributed by atoms with E-state index in [1.165, 1.54) is 0 Å². The maximum atomic E-state index is 14.5. The Morgan fingerprint density at radius 2 is 2.06 bits per heavy atom. The summed E-state index contributed by atoms with van der Waals surface area (Å²) in [5, 5.41) is 29.4. The van der Waals surface area contributed by atoms with Gasteiger partial charge in [-0.2, -0.15) is 0 Å². The smallest absolute Gasteiger partial charge is 0.173 e. The minimum Gasteiger partial charge on any atom is -0.396 e. The van der Waals surface area contributed by atoms with Gasteiger partial charge in [-0.1, -0.05) is 24.6 Å². The molecule has 172 valence electrons. The molecule has 7 heteroatoms. The molecule has 4 fully saturated rings. The van der Waals surface area contributed by atoms with Crippen molar-refractivity contribution in [2.75, 3.05) is 19.7 Å². The van der Waals surface area contributed by atoms with Crippen LogP contribution in [0.1, 0.15) is 52.4 Å². The molecule has 1 heterocycles. The quantitative estimate of drug-likeness (QED) is 0.594. The summed E-state index contributed by atoms with van der Waals surface area (Å²) in [6, 6.07) is 0. The van der Waals surface area contributed by atoms with Gasteiger partial charge in [0.05, 0.1) is 18.4 Å². The highest BCUT2D eigenvalue weighted by molar-refractivity contribution is 5.96. The Morgan fingerprint density at radius 3 is 2.77 bits per heavy atom. The fourth-order valence-corrected chi connectivity index (χ4v) is 7.64. The Labute approximate surface area is 183 Å². The SMILES string of the molecule is C[C@]12CCC(=NOC3CCNC3)C=C1[C@@H](CO)[C@@H](O)C1C2CC[C@]2(C)C(=O)C(F)CC12. The second-order valence-corrected chi connectivity index (χ2v) is 10.9. The molecule has 0 amide bonds. The lowest BCUT2D eigenvalue weighted by Gasteiger charge is -2.60. The number of Topliss-reactive ketones (excluding diaryl/α,β-unsaturated/α-hetero) is 1. The van der Waals surface area contributed by atoms with Crippen molar-refractivity contribution < 1.29 is 24.2 Å². The summed E-state index contributed by atoms with van der Waals surface area (Å²) in [4.78, 5) is 18.4. The highest BCUT2D eigenvalue weighted by Crippen LogP contribution is 2.65. The van der Waals surface area contributed by atoms with Crippen molar-refractivity contribution in [3.05, 3.63) is 11.6 Å². The highest BCUT2D eigenvalue weighted by atomic mass is 19.1. The van der Waals surface area contributed by atoms with Crippen molar-refractivity contribution in [1.82, 2.24) is 5.32 Å². The van der Waals surface area contributed by atoms with Crippen LogP contribution in [-0.2, 0) is 9.63 Å². The number of rotatable bonds is 3. The summed E-state index contributed by atoms with van der Waals surface area (Å²) in [6.45, 7) is 5.71. The van der Waals surface area contributed by atoms with Crippen molar-refractivity contribution in [3.8, 4) is 0 Å². The Kier molecular flexibility index (Phi) is 5.30. The number of alkyl halides is 1. The molecule has 3 saturated carbocycles. The number of carbonyl (C=O) groups is 1. The molecule has 9 atom stereocenters. The van der Waals surface area contributed by atoms with Gasteiger partial charge in [-0.25, -0.2) is 4.39 Å². The number of carbonyl (C=O) groups excluding carboxylic acids is 1. The first-order chi connectivity index (χ1) is 14.8. The van der Waals surface area contributed by atoms with Gasteiger partial charge in [-0.05, 0) is 67.9 Å². The zero-order valence-electron chi connectivity index (χ0n) is 18.5. The van der Waals surface area contributed by atoms with Gasteiger partial charge < -0.3 is 20.4 Å². The Balaban J connectivity index is 1.47. The standard InChI is InChI=1S/C24H35FN2O4/c1-23-6-3-13(27-31-14-5-8-26-11-14)9-17(23)15(12-28)21(29)20-16(23)4-7-24(2)18(20)10-19(25)22(24)30/h9,14-16,18-21,26,28-29H,3-8,10-12H2,1-2H3/t14?,15-,16?,18?,19?,20?,21-,23-,24+/m1/s1. The Bertz CT molecular complexity index is 809. The molecule has 0 bridgehead atoms. The van der Waals surface area contributed by atoms with Crippen LogP contribution in [0.4, 0.5) is 4.39 Å². The predicted molar refractivity (Wildman–Crippen MR) is 114 cm³/mol. The lowest BCUT2D eigenvalue weighted by atomic mass is 9.45. The summed E-state index contributed by atoms with van der Waals surface area (Å²) in [7, 11) is 0. The zero-order chi connectivity index (χ0) is 22.0. The zero-order valence-corrected chi connectivity index (χ0v) is 18.5. The molecule has 0 aromatic carbocycles. The summed E-state index contributed by atoms with van der Waals surface area (Å²) >= 11 is 0. The molecule has 5 unspecified atom stereocenters. The monoisotopic (exact) mass is 434 g/mol. The van der Waals surface area contributed by atoms with E-state index in [2.05, 4.69) is 17.4 Å². The molecule has 5 aliphatic rings. The maximum Gasteiger partial charge on any atom is 0.173 e. The molecule has 1 saturated heterocycles. The van der Waals surface area contributed by atoms with Gasteiger partial charge in [-0.15, -0.1) is 0 Å². The predicted octanol–water partition coefficient (Wildman–Crippen LogP) is 2.39. The van der Waals surface area contributed by atoms with Gasteiger partial charge in [-0.3, -0.25) is 4.79 Å². The average molecular weight is 435 g/mol. The molecule has 0 aromatic heterocycles. The molecular formula is C24H35FN2O4. The number of hydrogen-bond donors (Lipinski definition) is 3. The normalized spacial score (nSPS) is 50.6. The molecular weight excluding hydrogens is 399 g/mol. The van der Waals surface area contributed by atoms with E-state index >= 15 is 0 Å². The minimum absolute atomic E-state index is 0.0961. The van der Waals surface area contributed by atoms with E-state index in [1.54, 1.807) is 0 Å². The van der Waals surface area contributed by atoms with E-state index in [0.717, 1.165) is 50.1 Å². The van der Waals surface area contributed by atoms with Crippen LogP contribution in [0.25, 0.3) is 0 Å². The number of ketones is 1. The second-order valence-electron chi connectivity index (χ2n) is 10.9. The lowest BCUT2D eigenvalue weighted by molar-refractivity contribution is -0.146. The summed E-state index contributed by atoms with van der Waals surface area (Å²) in [5.74, 6) is -0.853. The first kappa shape index (κ1) is 21.5. The summed E-state index contributed by atoms with van der Waals surface area (Å²) < 4.78 is 14.5. The van der Waals surface area contributed by atoms with Crippen LogP contribution >= 0.6 is 0 Å². The molecule has 5 rings (SSSR count). The van der Waals surface area contributed by atoms with Crippen LogP contribution in [0, 0.1) is 34.5 Å². The molecule has 0 spiro atoms. The Morgan fingerprint density at radius 1 is 1.26 bits per heavy atom. The van der Waals surface area contributed by atoms with Crippen molar-refractivity contribution in [2.24, 2.45) is 39.7 Å². The molecule has 0 aromatic rings. The number of oxime groups is 1. The molecule has 31 heavy (non-hydrogen) atoms. The van der Waals surface area contributed by atoms with Gasteiger partial charge in [0.15, 0.2) is 12.0 Å². The maximum absolute atomic E-state index is 14.5. The first-order valence-electron chi connectivity index (χ1n) is 11.9. The fourth-order valence-electron chi connectivity index (χ4n) is 7.64. The Hall–Kier alpha value is -1.31. The number of aliphatic hydroxyl groups is 2. The van der Waals surface area contributed by atoms with Crippen LogP contribution in [0.5, 0.6) is 0 Å². The third-order valence-corrected chi connectivity index (χ3v) is 9.47. The highest BCUT2D eigenvalue weighted by Gasteiger charge is 2.65. The minimum atomic E-state index is -1.43. The fraction of sp³-hybridized carbons (Fsp3) is 0.833. The van der Waals surface area contributed by atoms with Crippen LogP contribution in [0.15, 0.2) is 16.8 Å². The number of allylic oxidation sites excluding steroid dienone is 1. The van der Waals surface area contributed by atoms with Crippen molar-refractivity contribution in [1.29, 1.82) is 0 Å². The number of hydrogen-bond acceptors (Lipinski definition) is 6. The van der Waals surface area contributed by atoms with E-state index in [-0.39, 0.29) is 48.1 Å². The number of nitrogens with zero attached hydrogens (tertiary/aromatic N) is 1. The number of aliphatic hydroxyl groups excluding tert-OH is 2. The second kappa shape index (κ2) is 7.63. The molecule has 4 aliphatic carbocycles. The van der Waals surface area contributed by atoms with Crippen molar-refractivity contribution in [2.45, 2.75) is 70.8 Å². The summed E-state index contributed by atoms with van der Waals surface area (Å²) in [5.41, 5.74) is 1.03. The third-order valence-electron chi connectivity index (χ3n) is 9.47.